The number of pyridine rings is 1. The van der Waals surface area contributed by atoms with Crippen LogP contribution in [0.25, 0.3) is 10.8 Å². The highest BCUT2D eigenvalue weighted by Crippen LogP contribution is 2.32. The molecule has 1 fully saturated rings. The highest BCUT2D eigenvalue weighted by Gasteiger charge is 2.23. The van der Waals surface area contributed by atoms with Crippen molar-refractivity contribution < 1.29 is 4.52 Å². The number of aromatic nitrogens is 3. The molecule has 25 heavy (non-hydrogen) atoms. The van der Waals surface area contributed by atoms with Gasteiger partial charge in [0.05, 0.1) is 6.04 Å². The summed E-state index contributed by atoms with van der Waals surface area (Å²) in [4.78, 5) is 19.6. The molecule has 1 atom stereocenters. The van der Waals surface area contributed by atoms with Crippen molar-refractivity contribution in [2.24, 2.45) is 0 Å². The van der Waals surface area contributed by atoms with Gasteiger partial charge in [-0.2, -0.15) is 4.98 Å². The quantitative estimate of drug-likeness (QED) is 0.745. The van der Waals surface area contributed by atoms with E-state index in [4.69, 9.17) is 4.52 Å². The molecule has 2 N–H and O–H groups in total. The molecule has 6 nitrogen and oxygen atoms in total. The number of rotatable bonds is 5. The SMILES string of the molecule is C[C@@H](NCc1cc2ccccc2c(=O)[nH]1)c1nc(C2CCCC2)no1. The van der Waals surface area contributed by atoms with Crippen LogP contribution in [0.15, 0.2) is 39.6 Å². The van der Waals surface area contributed by atoms with E-state index in [2.05, 4.69) is 20.4 Å². The van der Waals surface area contributed by atoms with Gasteiger partial charge in [0.25, 0.3) is 5.56 Å². The maximum atomic E-state index is 12.1. The van der Waals surface area contributed by atoms with Gasteiger partial charge in [0.15, 0.2) is 5.82 Å². The highest BCUT2D eigenvalue weighted by molar-refractivity contribution is 5.81. The molecule has 1 aliphatic carbocycles. The molecule has 0 unspecified atom stereocenters. The van der Waals surface area contributed by atoms with Crippen molar-refractivity contribution in [1.82, 2.24) is 20.4 Å². The number of aromatic amines is 1. The van der Waals surface area contributed by atoms with Crippen LogP contribution < -0.4 is 10.9 Å². The fraction of sp³-hybridized carbons (Fsp3) is 0.421. The number of hydrogen-bond acceptors (Lipinski definition) is 5. The molecular weight excluding hydrogens is 316 g/mol. The van der Waals surface area contributed by atoms with E-state index >= 15 is 0 Å². The molecule has 0 aliphatic heterocycles. The van der Waals surface area contributed by atoms with Gasteiger partial charge in [-0.05, 0) is 37.3 Å². The first-order valence-electron chi connectivity index (χ1n) is 8.88. The monoisotopic (exact) mass is 338 g/mol. The molecular formula is C19H22N4O2. The molecule has 0 spiro atoms. The van der Waals surface area contributed by atoms with Gasteiger partial charge in [-0.15, -0.1) is 0 Å². The molecule has 1 aliphatic rings. The maximum Gasteiger partial charge on any atom is 0.256 e. The summed E-state index contributed by atoms with van der Waals surface area (Å²) in [6, 6.07) is 9.51. The topological polar surface area (TPSA) is 83.8 Å². The maximum absolute atomic E-state index is 12.1. The van der Waals surface area contributed by atoms with Crippen molar-refractivity contribution in [2.45, 2.75) is 51.1 Å². The molecule has 2 heterocycles. The lowest BCUT2D eigenvalue weighted by Gasteiger charge is -2.10. The summed E-state index contributed by atoms with van der Waals surface area (Å²) in [5.41, 5.74) is 0.773. The zero-order chi connectivity index (χ0) is 17.2. The Labute approximate surface area is 145 Å². The number of benzene rings is 1. The molecule has 4 rings (SSSR count). The van der Waals surface area contributed by atoms with E-state index in [-0.39, 0.29) is 11.6 Å². The molecule has 1 aromatic carbocycles. The molecule has 2 aromatic heterocycles. The Morgan fingerprint density at radius 3 is 2.96 bits per heavy atom. The summed E-state index contributed by atoms with van der Waals surface area (Å²) in [7, 11) is 0. The van der Waals surface area contributed by atoms with E-state index in [1.165, 1.54) is 12.8 Å². The van der Waals surface area contributed by atoms with Crippen molar-refractivity contribution >= 4 is 10.8 Å². The van der Waals surface area contributed by atoms with Crippen molar-refractivity contribution in [2.75, 3.05) is 0 Å². The molecule has 1 saturated carbocycles. The second-order valence-corrected chi connectivity index (χ2v) is 6.79. The van der Waals surface area contributed by atoms with Gasteiger partial charge in [0, 0.05) is 23.5 Å². The van der Waals surface area contributed by atoms with Crippen molar-refractivity contribution in [3.63, 3.8) is 0 Å². The molecule has 130 valence electrons. The Hall–Kier alpha value is -2.47. The summed E-state index contributed by atoms with van der Waals surface area (Å²) in [5, 5.41) is 9.14. The van der Waals surface area contributed by atoms with Crippen LogP contribution >= 0.6 is 0 Å². The minimum atomic E-state index is -0.0716. The van der Waals surface area contributed by atoms with E-state index < -0.39 is 0 Å². The number of fused-ring (bicyclic) bond motifs is 1. The normalized spacial score (nSPS) is 16.5. The number of nitrogens with zero attached hydrogens (tertiary/aromatic N) is 2. The van der Waals surface area contributed by atoms with E-state index in [9.17, 15) is 4.79 Å². The van der Waals surface area contributed by atoms with Crippen LogP contribution in [0.5, 0.6) is 0 Å². The largest absolute Gasteiger partial charge is 0.338 e. The lowest BCUT2D eigenvalue weighted by atomic mass is 10.1. The first-order chi connectivity index (χ1) is 12.2. The Morgan fingerprint density at radius 1 is 1.32 bits per heavy atom. The standard InChI is InChI=1S/C19H22N4O2/c1-12(19-22-17(23-25-19)13-6-2-3-7-13)20-11-15-10-14-8-4-5-9-16(14)18(24)21-15/h4-5,8-10,12-13,20H,2-3,6-7,11H2,1H3,(H,21,24)/t12-/m1/s1. The molecule has 3 aromatic rings. The van der Waals surface area contributed by atoms with Crippen molar-refractivity contribution in [3.05, 3.63) is 58.1 Å². The van der Waals surface area contributed by atoms with Gasteiger partial charge in [0.1, 0.15) is 0 Å². The fourth-order valence-electron chi connectivity index (χ4n) is 3.49. The Morgan fingerprint density at radius 2 is 2.12 bits per heavy atom. The molecule has 0 radical (unpaired) electrons. The van der Waals surface area contributed by atoms with Crippen LogP contribution in [0.4, 0.5) is 0 Å². The minimum Gasteiger partial charge on any atom is -0.338 e. The molecule has 6 heteroatoms. The summed E-state index contributed by atoms with van der Waals surface area (Å²) >= 11 is 0. The first-order valence-corrected chi connectivity index (χ1v) is 8.88. The zero-order valence-corrected chi connectivity index (χ0v) is 14.3. The van der Waals surface area contributed by atoms with E-state index in [1.54, 1.807) is 0 Å². The van der Waals surface area contributed by atoms with E-state index in [1.807, 2.05) is 37.3 Å². The zero-order valence-electron chi connectivity index (χ0n) is 14.3. The van der Waals surface area contributed by atoms with Crippen molar-refractivity contribution in [3.8, 4) is 0 Å². The van der Waals surface area contributed by atoms with E-state index in [0.29, 0.717) is 23.7 Å². The van der Waals surface area contributed by atoms with Crippen LogP contribution in [-0.2, 0) is 6.54 Å². The van der Waals surface area contributed by atoms with Crippen LogP contribution in [-0.4, -0.2) is 15.1 Å². The predicted octanol–water partition coefficient (Wildman–Crippen LogP) is 3.42. The second kappa shape index (κ2) is 6.80. The average Bonchev–Trinajstić information content (AvgIpc) is 3.31. The van der Waals surface area contributed by atoms with Crippen molar-refractivity contribution in [1.29, 1.82) is 0 Å². The first kappa shape index (κ1) is 16.0. The van der Waals surface area contributed by atoms with Crippen LogP contribution in [0.3, 0.4) is 0 Å². The summed E-state index contributed by atoms with van der Waals surface area (Å²) in [6.45, 7) is 2.52. The molecule has 0 bridgehead atoms. The molecule has 0 amide bonds. The third-order valence-corrected chi connectivity index (χ3v) is 4.96. The lowest BCUT2D eigenvalue weighted by molar-refractivity contribution is 0.333. The third-order valence-electron chi connectivity index (χ3n) is 4.96. The lowest BCUT2D eigenvalue weighted by Crippen LogP contribution is -2.21. The van der Waals surface area contributed by atoms with Gasteiger partial charge in [-0.25, -0.2) is 0 Å². The number of H-pyrrole nitrogens is 1. The van der Waals surface area contributed by atoms with Crippen LogP contribution in [0, 0.1) is 0 Å². The molecule has 0 saturated heterocycles. The average molecular weight is 338 g/mol. The Kier molecular flexibility index (Phi) is 4.36. The van der Waals surface area contributed by atoms with Gasteiger partial charge >= 0.3 is 0 Å². The third kappa shape index (κ3) is 3.35. The van der Waals surface area contributed by atoms with Gasteiger partial charge < -0.3 is 14.8 Å². The van der Waals surface area contributed by atoms with Gasteiger partial charge in [-0.3, -0.25) is 4.79 Å². The Balaban J connectivity index is 1.45. The van der Waals surface area contributed by atoms with Gasteiger partial charge in [-0.1, -0.05) is 36.2 Å². The minimum absolute atomic E-state index is 0.0659. The van der Waals surface area contributed by atoms with Gasteiger partial charge in [0.2, 0.25) is 5.89 Å². The fourth-order valence-corrected chi connectivity index (χ4v) is 3.49. The summed E-state index contributed by atoms with van der Waals surface area (Å²) in [6.07, 6.45) is 4.80. The smallest absolute Gasteiger partial charge is 0.256 e. The van der Waals surface area contributed by atoms with E-state index in [0.717, 1.165) is 29.7 Å². The number of nitrogens with one attached hydrogen (secondary N) is 2. The summed E-state index contributed by atoms with van der Waals surface area (Å²) in [5.74, 6) is 1.88. The Bertz CT molecular complexity index is 924. The highest BCUT2D eigenvalue weighted by atomic mass is 16.5. The van der Waals surface area contributed by atoms with Crippen LogP contribution in [0.2, 0.25) is 0 Å². The van der Waals surface area contributed by atoms with Crippen LogP contribution in [0.1, 0.15) is 62.0 Å². The second-order valence-electron chi connectivity index (χ2n) is 6.79. The summed E-state index contributed by atoms with van der Waals surface area (Å²) < 4.78 is 5.43. The predicted molar refractivity (Wildman–Crippen MR) is 95.3 cm³/mol. The number of hydrogen-bond donors (Lipinski definition) is 2.